The van der Waals surface area contributed by atoms with Gasteiger partial charge in [0, 0.05) is 16.5 Å². The van der Waals surface area contributed by atoms with Crippen molar-refractivity contribution in [2.45, 2.75) is 4.90 Å². The Kier molecular flexibility index (Phi) is 2.92. The van der Waals surface area contributed by atoms with E-state index in [4.69, 9.17) is 4.42 Å². The standard InChI is InChI=1S/C12H10O2S/c1-15-11-4-2-3-9(7-11)10-5-6-12(13)14-8-10/h2-8H,1H3. The SMILES string of the molecule is CSc1cccc(-c2ccc(=O)oc2)c1. The molecule has 0 atom stereocenters. The molecular formula is C12H10O2S. The van der Waals surface area contributed by atoms with Crippen LogP contribution in [0.1, 0.15) is 0 Å². The predicted molar refractivity (Wildman–Crippen MR) is 62.2 cm³/mol. The van der Waals surface area contributed by atoms with Gasteiger partial charge in [0.15, 0.2) is 0 Å². The van der Waals surface area contributed by atoms with E-state index < -0.39 is 0 Å². The van der Waals surface area contributed by atoms with Gasteiger partial charge in [-0.2, -0.15) is 0 Å². The highest BCUT2D eigenvalue weighted by atomic mass is 32.2. The maximum atomic E-state index is 10.8. The van der Waals surface area contributed by atoms with Crippen LogP contribution in [-0.2, 0) is 0 Å². The first-order valence-electron chi connectivity index (χ1n) is 4.53. The lowest BCUT2D eigenvalue weighted by Crippen LogP contribution is -1.93. The molecule has 0 spiro atoms. The molecule has 0 saturated heterocycles. The molecule has 2 rings (SSSR count). The summed E-state index contributed by atoms with van der Waals surface area (Å²) in [6, 6.07) is 11.3. The number of hydrogen-bond donors (Lipinski definition) is 0. The highest BCUT2D eigenvalue weighted by Gasteiger charge is 1.99. The van der Waals surface area contributed by atoms with Crippen LogP contribution >= 0.6 is 11.8 Å². The van der Waals surface area contributed by atoms with Gasteiger partial charge in [-0.1, -0.05) is 12.1 Å². The summed E-state index contributed by atoms with van der Waals surface area (Å²) in [4.78, 5) is 12.0. The van der Waals surface area contributed by atoms with E-state index in [1.54, 1.807) is 17.8 Å². The first-order chi connectivity index (χ1) is 7.29. The summed E-state index contributed by atoms with van der Waals surface area (Å²) in [7, 11) is 0. The Hall–Kier alpha value is -1.48. The largest absolute Gasteiger partial charge is 0.431 e. The van der Waals surface area contributed by atoms with Gasteiger partial charge in [-0.25, -0.2) is 4.79 Å². The fourth-order valence-corrected chi connectivity index (χ4v) is 1.78. The third-order valence-electron chi connectivity index (χ3n) is 2.10. The van der Waals surface area contributed by atoms with E-state index in [1.807, 2.05) is 24.5 Å². The van der Waals surface area contributed by atoms with Gasteiger partial charge in [-0.05, 0) is 30.0 Å². The van der Waals surface area contributed by atoms with E-state index in [-0.39, 0.29) is 5.63 Å². The van der Waals surface area contributed by atoms with Gasteiger partial charge in [-0.3, -0.25) is 0 Å². The number of rotatable bonds is 2. The van der Waals surface area contributed by atoms with E-state index in [0.29, 0.717) is 0 Å². The van der Waals surface area contributed by atoms with E-state index in [1.165, 1.54) is 17.2 Å². The molecule has 0 amide bonds. The van der Waals surface area contributed by atoms with Crippen LogP contribution in [0.15, 0.2) is 56.8 Å². The summed E-state index contributed by atoms with van der Waals surface area (Å²) in [6.07, 6.45) is 3.52. The zero-order valence-electron chi connectivity index (χ0n) is 8.27. The second-order valence-corrected chi connectivity index (χ2v) is 3.96. The molecule has 15 heavy (non-hydrogen) atoms. The Morgan fingerprint density at radius 2 is 2.00 bits per heavy atom. The highest BCUT2D eigenvalue weighted by molar-refractivity contribution is 7.98. The quantitative estimate of drug-likeness (QED) is 0.726. The first-order valence-corrected chi connectivity index (χ1v) is 5.75. The van der Waals surface area contributed by atoms with Gasteiger partial charge in [-0.15, -0.1) is 11.8 Å². The summed E-state index contributed by atoms with van der Waals surface area (Å²) in [5.41, 5.74) is 1.66. The van der Waals surface area contributed by atoms with Crippen molar-refractivity contribution in [3.63, 3.8) is 0 Å². The molecule has 0 saturated carbocycles. The third kappa shape index (κ3) is 2.30. The molecule has 1 aromatic carbocycles. The van der Waals surface area contributed by atoms with Crippen molar-refractivity contribution >= 4 is 11.8 Å². The highest BCUT2D eigenvalue weighted by Crippen LogP contribution is 2.23. The molecular weight excluding hydrogens is 208 g/mol. The normalized spacial score (nSPS) is 10.2. The first kappa shape index (κ1) is 10.1. The fraction of sp³-hybridized carbons (Fsp3) is 0.0833. The fourth-order valence-electron chi connectivity index (χ4n) is 1.32. The second kappa shape index (κ2) is 4.36. The number of benzene rings is 1. The van der Waals surface area contributed by atoms with Crippen LogP contribution in [0, 0.1) is 0 Å². The number of hydrogen-bond acceptors (Lipinski definition) is 3. The van der Waals surface area contributed by atoms with Crippen molar-refractivity contribution in [3.05, 3.63) is 53.1 Å². The minimum absolute atomic E-state index is 0.320. The van der Waals surface area contributed by atoms with Crippen molar-refractivity contribution in [2.75, 3.05) is 6.26 Å². The topological polar surface area (TPSA) is 30.2 Å². The molecule has 0 N–H and O–H groups in total. The summed E-state index contributed by atoms with van der Waals surface area (Å²) >= 11 is 1.69. The van der Waals surface area contributed by atoms with Gasteiger partial charge < -0.3 is 4.42 Å². The molecule has 0 aliphatic heterocycles. The minimum Gasteiger partial charge on any atom is -0.431 e. The summed E-state index contributed by atoms with van der Waals surface area (Å²) in [5.74, 6) is 0. The lowest BCUT2D eigenvalue weighted by molar-refractivity contribution is 0.512. The van der Waals surface area contributed by atoms with E-state index in [9.17, 15) is 4.79 Å². The Balaban J connectivity index is 2.44. The molecule has 0 bridgehead atoms. The van der Waals surface area contributed by atoms with Crippen LogP contribution in [0.5, 0.6) is 0 Å². The molecule has 76 valence electrons. The molecule has 3 heteroatoms. The maximum Gasteiger partial charge on any atom is 0.335 e. The molecule has 0 fully saturated rings. The average Bonchev–Trinajstić information content (AvgIpc) is 2.30. The molecule has 2 aromatic rings. The number of thioether (sulfide) groups is 1. The Morgan fingerprint density at radius 1 is 1.13 bits per heavy atom. The lowest BCUT2D eigenvalue weighted by Gasteiger charge is -2.01. The summed E-state index contributed by atoms with van der Waals surface area (Å²) < 4.78 is 4.82. The molecule has 0 aliphatic rings. The van der Waals surface area contributed by atoms with Crippen molar-refractivity contribution < 1.29 is 4.42 Å². The lowest BCUT2D eigenvalue weighted by atomic mass is 10.1. The monoisotopic (exact) mass is 218 g/mol. The van der Waals surface area contributed by atoms with Gasteiger partial charge in [0.1, 0.15) is 6.26 Å². The van der Waals surface area contributed by atoms with E-state index in [2.05, 4.69) is 6.07 Å². The van der Waals surface area contributed by atoms with Crippen LogP contribution in [-0.4, -0.2) is 6.26 Å². The second-order valence-electron chi connectivity index (χ2n) is 3.08. The van der Waals surface area contributed by atoms with Crippen LogP contribution in [0.4, 0.5) is 0 Å². The molecule has 0 radical (unpaired) electrons. The van der Waals surface area contributed by atoms with Crippen molar-refractivity contribution in [2.24, 2.45) is 0 Å². The van der Waals surface area contributed by atoms with Crippen molar-refractivity contribution in [3.8, 4) is 11.1 Å². The van der Waals surface area contributed by atoms with Gasteiger partial charge >= 0.3 is 5.63 Å². The minimum atomic E-state index is -0.320. The molecule has 0 unspecified atom stereocenters. The van der Waals surface area contributed by atoms with Crippen LogP contribution < -0.4 is 5.63 Å². The van der Waals surface area contributed by atoms with Gasteiger partial charge in [0.25, 0.3) is 0 Å². The molecule has 0 aliphatic carbocycles. The smallest absolute Gasteiger partial charge is 0.335 e. The van der Waals surface area contributed by atoms with Crippen LogP contribution in [0.2, 0.25) is 0 Å². The molecule has 2 nitrogen and oxygen atoms in total. The van der Waals surface area contributed by atoms with Crippen molar-refractivity contribution in [1.82, 2.24) is 0 Å². The van der Waals surface area contributed by atoms with Crippen LogP contribution in [0.3, 0.4) is 0 Å². The zero-order chi connectivity index (χ0) is 10.7. The third-order valence-corrected chi connectivity index (χ3v) is 2.83. The zero-order valence-corrected chi connectivity index (χ0v) is 9.08. The Labute approximate surface area is 91.9 Å². The van der Waals surface area contributed by atoms with Crippen molar-refractivity contribution in [1.29, 1.82) is 0 Å². The Bertz CT molecular complexity index is 497. The molecule has 1 heterocycles. The summed E-state index contributed by atoms with van der Waals surface area (Å²) in [6.45, 7) is 0. The van der Waals surface area contributed by atoms with Gasteiger partial charge in [0.05, 0.1) is 0 Å². The summed E-state index contributed by atoms with van der Waals surface area (Å²) in [5, 5.41) is 0. The van der Waals surface area contributed by atoms with Gasteiger partial charge in [0.2, 0.25) is 0 Å². The van der Waals surface area contributed by atoms with E-state index in [0.717, 1.165) is 11.1 Å². The average molecular weight is 218 g/mol. The maximum absolute atomic E-state index is 10.8. The van der Waals surface area contributed by atoms with Crippen LogP contribution in [0.25, 0.3) is 11.1 Å². The predicted octanol–water partition coefficient (Wildman–Crippen LogP) is 3.03. The Morgan fingerprint density at radius 3 is 2.67 bits per heavy atom. The molecule has 1 aromatic heterocycles. The van der Waals surface area contributed by atoms with E-state index >= 15 is 0 Å².